The maximum Gasteiger partial charge on any atom is 0.260 e. The van der Waals surface area contributed by atoms with Crippen molar-refractivity contribution in [2.75, 3.05) is 18.8 Å². The van der Waals surface area contributed by atoms with Crippen molar-refractivity contribution in [1.82, 2.24) is 15.5 Å². The number of nitrogens with two attached hydrogens (primary N) is 1. The van der Waals surface area contributed by atoms with Gasteiger partial charge in [0.05, 0.1) is 0 Å². The minimum absolute atomic E-state index is 0.240. The molecule has 0 bridgehead atoms. The van der Waals surface area contributed by atoms with E-state index in [1.165, 1.54) is 12.8 Å². The molecule has 0 atom stereocenters. The van der Waals surface area contributed by atoms with Crippen LogP contribution in [0.15, 0.2) is 4.52 Å². The third-order valence-electron chi connectivity index (χ3n) is 2.41. The summed E-state index contributed by atoms with van der Waals surface area (Å²) in [4.78, 5) is 3.98. The van der Waals surface area contributed by atoms with Crippen LogP contribution in [0.5, 0.6) is 0 Å². The number of nitrogens with zero attached hydrogens (tertiary/aromatic N) is 2. The Bertz CT molecular complexity index is 267. The summed E-state index contributed by atoms with van der Waals surface area (Å²) in [5.74, 6) is 1.58. The van der Waals surface area contributed by atoms with Crippen LogP contribution in [-0.4, -0.2) is 23.2 Å². The predicted octanol–water partition coefficient (Wildman–Crippen LogP) is 0.194. The summed E-state index contributed by atoms with van der Waals surface area (Å²) < 4.78 is 4.96. The van der Waals surface area contributed by atoms with E-state index in [0.717, 1.165) is 19.5 Å². The van der Waals surface area contributed by atoms with Gasteiger partial charge < -0.3 is 15.6 Å². The Morgan fingerprint density at radius 3 is 2.85 bits per heavy atom. The summed E-state index contributed by atoms with van der Waals surface area (Å²) in [5.41, 5.74) is 5.36. The molecular formula is C8H14N4O. The van der Waals surface area contributed by atoms with Crippen LogP contribution in [0.2, 0.25) is 0 Å². The number of hydrogen-bond donors (Lipinski definition) is 2. The molecule has 5 nitrogen and oxygen atoms in total. The number of nitrogen functional groups attached to an aromatic ring is 1. The van der Waals surface area contributed by atoms with Gasteiger partial charge in [-0.2, -0.15) is 4.98 Å². The summed E-state index contributed by atoms with van der Waals surface area (Å²) in [5, 5.41) is 6.87. The fourth-order valence-electron chi connectivity index (χ4n) is 1.68. The molecule has 5 heteroatoms. The maximum absolute atomic E-state index is 5.36. The van der Waals surface area contributed by atoms with E-state index in [1.807, 2.05) is 0 Å². The summed E-state index contributed by atoms with van der Waals surface area (Å²) >= 11 is 0. The van der Waals surface area contributed by atoms with E-state index >= 15 is 0 Å². The molecule has 72 valence electrons. The molecule has 1 aliphatic heterocycles. The van der Waals surface area contributed by atoms with Gasteiger partial charge in [-0.1, -0.05) is 0 Å². The van der Waals surface area contributed by atoms with Crippen LogP contribution in [0.25, 0.3) is 0 Å². The molecule has 1 aromatic heterocycles. The lowest BCUT2D eigenvalue weighted by molar-refractivity contribution is 0.313. The predicted molar refractivity (Wildman–Crippen MR) is 48.0 cm³/mol. The molecular weight excluding hydrogens is 168 g/mol. The van der Waals surface area contributed by atoms with Gasteiger partial charge in [-0.15, -0.1) is 0 Å². The third kappa shape index (κ3) is 2.18. The lowest BCUT2D eigenvalue weighted by Gasteiger charge is -2.20. The Kier molecular flexibility index (Phi) is 2.44. The summed E-state index contributed by atoms with van der Waals surface area (Å²) in [7, 11) is 0. The Labute approximate surface area is 76.7 Å². The van der Waals surface area contributed by atoms with Gasteiger partial charge >= 0.3 is 0 Å². The molecule has 1 fully saturated rings. The molecule has 0 amide bonds. The summed E-state index contributed by atoms with van der Waals surface area (Å²) in [6.07, 6.45) is 3.23. The van der Waals surface area contributed by atoms with Crippen molar-refractivity contribution in [2.24, 2.45) is 5.92 Å². The van der Waals surface area contributed by atoms with Crippen LogP contribution >= 0.6 is 0 Å². The van der Waals surface area contributed by atoms with Gasteiger partial charge in [0.2, 0.25) is 5.89 Å². The minimum atomic E-state index is 0.240. The number of piperidine rings is 1. The SMILES string of the molecule is Nc1noc(CC2CCNCC2)n1. The zero-order chi connectivity index (χ0) is 9.10. The Morgan fingerprint density at radius 1 is 1.46 bits per heavy atom. The average molecular weight is 182 g/mol. The monoisotopic (exact) mass is 182 g/mol. The highest BCUT2D eigenvalue weighted by Gasteiger charge is 2.16. The van der Waals surface area contributed by atoms with E-state index in [-0.39, 0.29) is 5.95 Å². The van der Waals surface area contributed by atoms with E-state index in [9.17, 15) is 0 Å². The first-order valence-electron chi connectivity index (χ1n) is 4.63. The van der Waals surface area contributed by atoms with Crippen molar-refractivity contribution in [2.45, 2.75) is 19.3 Å². The van der Waals surface area contributed by atoms with Gasteiger partial charge in [0, 0.05) is 6.42 Å². The van der Waals surface area contributed by atoms with Crippen molar-refractivity contribution in [3.63, 3.8) is 0 Å². The largest absolute Gasteiger partial charge is 0.365 e. The number of rotatable bonds is 2. The van der Waals surface area contributed by atoms with Gasteiger partial charge in [-0.05, 0) is 37.0 Å². The number of anilines is 1. The highest BCUT2D eigenvalue weighted by molar-refractivity contribution is 5.10. The van der Waals surface area contributed by atoms with Gasteiger partial charge in [-0.3, -0.25) is 0 Å². The van der Waals surface area contributed by atoms with Gasteiger partial charge in [-0.25, -0.2) is 0 Å². The van der Waals surface area contributed by atoms with E-state index in [4.69, 9.17) is 10.3 Å². The van der Waals surface area contributed by atoms with Gasteiger partial charge in [0.25, 0.3) is 5.95 Å². The lowest BCUT2D eigenvalue weighted by Crippen LogP contribution is -2.28. The Balaban J connectivity index is 1.89. The quantitative estimate of drug-likeness (QED) is 0.683. The molecule has 0 radical (unpaired) electrons. The molecule has 0 unspecified atom stereocenters. The van der Waals surface area contributed by atoms with Crippen molar-refractivity contribution < 1.29 is 4.52 Å². The van der Waals surface area contributed by atoms with Crippen LogP contribution in [0, 0.1) is 5.92 Å². The maximum atomic E-state index is 5.36. The zero-order valence-corrected chi connectivity index (χ0v) is 7.49. The van der Waals surface area contributed by atoms with Crippen molar-refractivity contribution in [3.8, 4) is 0 Å². The minimum Gasteiger partial charge on any atom is -0.365 e. The zero-order valence-electron chi connectivity index (χ0n) is 7.49. The molecule has 0 aliphatic carbocycles. The molecule has 1 aromatic rings. The van der Waals surface area contributed by atoms with Crippen LogP contribution in [0.1, 0.15) is 18.7 Å². The molecule has 13 heavy (non-hydrogen) atoms. The summed E-state index contributed by atoms with van der Waals surface area (Å²) in [6.45, 7) is 2.18. The fourth-order valence-corrected chi connectivity index (χ4v) is 1.68. The second-order valence-electron chi connectivity index (χ2n) is 3.44. The highest BCUT2D eigenvalue weighted by Crippen LogP contribution is 2.16. The molecule has 3 N–H and O–H groups in total. The second kappa shape index (κ2) is 3.74. The first-order valence-corrected chi connectivity index (χ1v) is 4.63. The van der Waals surface area contributed by atoms with Gasteiger partial charge in [0.1, 0.15) is 0 Å². The van der Waals surface area contributed by atoms with E-state index < -0.39 is 0 Å². The van der Waals surface area contributed by atoms with Crippen molar-refractivity contribution in [3.05, 3.63) is 5.89 Å². The normalized spacial score (nSPS) is 19.1. The number of hydrogen-bond acceptors (Lipinski definition) is 5. The molecule has 0 saturated carbocycles. The van der Waals surface area contributed by atoms with Crippen LogP contribution in [-0.2, 0) is 6.42 Å². The van der Waals surface area contributed by atoms with Gasteiger partial charge in [0.15, 0.2) is 0 Å². The number of aromatic nitrogens is 2. The third-order valence-corrected chi connectivity index (χ3v) is 2.41. The lowest BCUT2D eigenvalue weighted by atomic mass is 9.95. The molecule has 1 aliphatic rings. The number of nitrogens with one attached hydrogen (secondary N) is 1. The molecule has 0 aromatic carbocycles. The van der Waals surface area contributed by atoms with Crippen LogP contribution < -0.4 is 11.1 Å². The van der Waals surface area contributed by atoms with Crippen molar-refractivity contribution in [1.29, 1.82) is 0 Å². The van der Waals surface area contributed by atoms with E-state index in [1.54, 1.807) is 0 Å². The van der Waals surface area contributed by atoms with E-state index in [2.05, 4.69) is 15.5 Å². The average Bonchev–Trinajstić information content (AvgIpc) is 2.53. The Hall–Kier alpha value is -1.10. The molecule has 2 heterocycles. The first-order chi connectivity index (χ1) is 6.34. The second-order valence-corrected chi connectivity index (χ2v) is 3.44. The van der Waals surface area contributed by atoms with Crippen molar-refractivity contribution >= 4 is 5.95 Å². The standard InChI is InChI=1S/C8H14N4O/c9-8-11-7(13-12-8)5-6-1-3-10-4-2-6/h6,10H,1-5H2,(H2,9,12). The van der Waals surface area contributed by atoms with Crippen LogP contribution in [0.3, 0.4) is 0 Å². The highest BCUT2D eigenvalue weighted by atomic mass is 16.5. The molecule has 1 saturated heterocycles. The summed E-state index contributed by atoms with van der Waals surface area (Å²) in [6, 6.07) is 0. The smallest absolute Gasteiger partial charge is 0.260 e. The Morgan fingerprint density at radius 2 is 2.23 bits per heavy atom. The fraction of sp³-hybridized carbons (Fsp3) is 0.750. The topological polar surface area (TPSA) is 77.0 Å². The first kappa shape index (κ1) is 8.50. The van der Waals surface area contributed by atoms with E-state index in [0.29, 0.717) is 11.8 Å². The molecule has 2 rings (SSSR count). The molecule has 0 spiro atoms. The van der Waals surface area contributed by atoms with Crippen LogP contribution in [0.4, 0.5) is 5.95 Å².